The summed E-state index contributed by atoms with van der Waals surface area (Å²) >= 11 is 0. The van der Waals surface area contributed by atoms with E-state index in [2.05, 4.69) is 30.2 Å². The molecule has 6 rings (SSSR count). The maximum Gasteiger partial charge on any atom is 0.323 e. The first-order valence-electron chi connectivity index (χ1n) is 14.4. The number of amides is 2. The molecule has 4 aromatic rings. The first kappa shape index (κ1) is 27.1. The molecule has 0 saturated carbocycles. The molecular weight excluding hydrogens is 528 g/mol. The van der Waals surface area contributed by atoms with Crippen LogP contribution < -0.4 is 30.2 Å². The SMILES string of the molecule is O=C(Nc1ccc(N2CCN(c3ccc(O)cc3)CC2)cc1)Nc1ccc(N2CCN(c3ccc(O)cc3)CC2)cc1. The molecule has 9 nitrogen and oxygen atoms in total. The van der Waals surface area contributed by atoms with Crippen LogP contribution in [0, 0.1) is 0 Å². The number of rotatable bonds is 6. The van der Waals surface area contributed by atoms with E-state index in [-0.39, 0.29) is 17.5 Å². The highest BCUT2D eigenvalue weighted by molar-refractivity contribution is 5.99. The van der Waals surface area contributed by atoms with Crippen molar-refractivity contribution in [2.24, 2.45) is 0 Å². The fraction of sp³-hybridized carbons (Fsp3) is 0.242. The summed E-state index contributed by atoms with van der Waals surface area (Å²) in [5.74, 6) is 0.567. The van der Waals surface area contributed by atoms with E-state index >= 15 is 0 Å². The van der Waals surface area contributed by atoms with E-state index in [4.69, 9.17) is 0 Å². The predicted octanol–water partition coefficient (Wildman–Crippen LogP) is 5.40. The van der Waals surface area contributed by atoms with Crippen LogP contribution in [0.4, 0.5) is 38.9 Å². The van der Waals surface area contributed by atoms with Crippen LogP contribution in [0.3, 0.4) is 0 Å². The number of anilines is 6. The molecule has 0 spiro atoms. The van der Waals surface area contributed by atoms with Gasteiger partial charge in [0, 0.05) is 86.5 Å². The van der Waals surface area contributed by atoms with Gasteiger partial charge in [-0.2, -0.15) is 0 Å². The minimum Gasteiger partial charge on any atom is -0.508 e. The molecule has 2 heterocycles. The lowest BCUT2D eigenvalue weighted by Gasteiger charge is -2.37. The topological polar surface area (TPSA) is 94.5 Å². The number of hydrogen-bond donors (Lipinski definition) is 4. The summed E-state index contributed by atoms with van der Waals surface area (Å²) in [7, 11) is 0. The van der Waals surface area contributed by atoms with Gasteiger partial charge < -0.3 is 40.4 Å². The van der Waals surface area contributed by atoms with Crippen LogP contribution in [0.25, 0.3) is 0 Å². The second kappa shape index (κ2) is 12.2. The van der Waals surface area contributed by atoms with E-state index < -0.39 is 0 Å². The smallest absolute Gasteiger partial charge is 0.323 e. The first-order chi connectivity index (χ1) is 20.5. The highest BCUT2D eigenvalue weighted by atomic mass is 16.3. The highest BCUT2D eigenvalue weighted by Gasteiger charge is 2.19. The van der Waals surface area contributed by atoms with Crippen molar-refractivity contribution in [3.05, 3.63) is 97.1 Å². The lowest BCUT2D eigenvalue weighted by atomic mass is 10.2. The standard InChI is InChI=1S/C33H36N6O3/c40-31-13-9-29(10-14-31)38-21-17-36(18-22-38)27-5-1-25(2-6-27)34-33(42)35-26-3-7-28(8-4-26)37-19-23-39(24-20-37)30-11-15-32(41)16-12-30/h1-16,40-41H,17-24H2,(H2,34,35,42). The van der Waals surface area contributed by atoms with Crippen molar-refractivity contribution >= 4 is 40.2 Å². The van der Waals surface area contributed by atoms with Crippen molar-refractivity contribution < 1.29 is 15.0 Å². The largest absolute Gasteiger partial charge is 0.508 e. The number of phenolic OH excluding ortho intramolecular Hbond substituents is 2. The highest BCUT2D eigenvalue weighted by Crippen LogP contribution is 2.25. The fourth-order valence-electron chi connectivity index (χ4n) is 5.58. The number of hydrogen-bond acceptors (Lipinski definition) is 7. The number of benzene rings is 4. The third-order valence-electron chi connectivity index (χ3n) is 7.97. The molecular formula is C33H36N6O3. The number of nitrogens with zero attached hydrogens (tertiary/aromatic N) is 4. The zero-order valence-corrected chi connectivity index (χ0v) is 23.5. The van der Waals surface area contributed by atoms with Gasteiger partial charge in [0.05, 0.1) is 0 Å². The molecule has 0 unspecified atom stereocenters. The number of piperazine rings is 2. The van der Waals surface area contributed by atoms with E-state index in [0.717, 1.165) is 86.5 Å². The Balaban J connectivity index is 0.956. The lowest BCUT2D eigenvalue weighted by molar-refractivity contribution is 0.262. The molecule has 216 valence electrons. The van der Waals surface area contributed by atoms with Crippen molar-refractivity contribution in [2.45, 2.75) is 0 Å². The Morgan fingerprint density at radius 2 is 0.667 bits per heavy atom. The average Bonchev–Trinajstić information content (AvgIpc) is 3.03. The quantitative estimate of drug-likeness (QED) is 0.249. The minimum absolute atomic E-state index is 0.277. The molecule has 0 bridgehead atoms. The van der Waals surface area contributed by atoms with E-state index in [9.17, 15) is 15.0 Å². The van der Waals surface area contributed by atoms with Crippen molar-refractivity contribution in [1.29, 1.82) is 0 Å². The summed E-state index contributed by atoms with van der Waals surface area (Å²) in [6, 6.07) is 30.3. The molecule has 2 amide bonds. The molecule has 4 aromatic carbocycles. The minimum atomic E-state index is -0.277. The van der Waals surface area contributed by atoms with Crippen molar-refractivity contribution in [3.8, 4) is 11.5 Å². The number of phenols is 2. The van der Waals surface area contributed by atoms with Gasteiger partial charge in [-0.1, -0.05) is 0 Å². The van der Waals surface area contributed by atoms with Gasteiger partial charge in [-0.25, -0.2) is 4.79 Å². The van der Waals surface area contributed by atoms with Crippen molar-refractivity contribution in [2.75, 3.05) is 82.6 Å². The normalized spacial score (nSPS) is 15.4. The van der Waals surface area contributed by atoms with Gasteiger partial charge in [0.15, 0.2) is 0 Å². The molecule has 0 aromatic heterocycles. The zero-order valence-electron chi connectivity index (χ0n) is 23.5. The van der Waals surface area contributed by atoms with Crippen molar-refractivity contribution in [1.82, 2.24) is 0 Å². The molecule has 0 atom stereocenters. The number of urea groups is 1. The Bertz CT molecular complexity index is 1350. The molecule has 9 heteroatoms. The lowest BCUT2D eigenvalue weighted by Crippen LogP contribution is -2.46. The maximum atomic E-state index is 12.7. The molecule has 2 aliphatic heterocycles. The summed E-state index contributed by atoms with van der Waals surface area (Å²) in [5, 5.41) is 24.9. The summed E-state index contributed by atoms with van der Waals surface area (Å²) in [6.07, 6.45) is 0. The van der Waals surface area contributed by atoms with E-state index in [1.807, 2.05) is 72.8 Å². The monoisotopic (exact) mass is 564 g/mol. The van der Waals surface area contributed by atoms with Gasteiger partial charge in [-0.3, -0.25) is 0 Å². The van der Waals surface area contributed by atoms with Gasteiger partial charge in [-0.15, -0.1) is 0 Å². The Kier molecular flexibility index (Phi) is 7.89. The Hall–Kier alpha value is -5.05. The summed E-state index contributed by atoms with van der Waals surface area (Å²) in [5.41, 5.74) is 5.98. The van der Waals surface area contributed by atoms with Crippen LogP contribution in [0.5, 0.6) is 11.5 Å². The van der Waals surface area contributed by atoms with Crippen LogP contribution in [0.1, 0.15) is 0 Å². The summed E-state index contributed by atoms with van der Waals surface area (Å²) < 4.78 is 0. The predicted molar refractivity (Wildman–Crippen MR) is 171 cm³/mol. The van der Waals surface area contributed by atoms with Gasteiger partial charge in [0.25, 0.3) is 0 Å². The Morgan fingerprint density at radius 3 is 0.929 bits per heavy atom. The molecule has 0 aliphatic carbocycles. The van der Waals surface area contributed by atoms with E-state index in [1.165, 1.54) is 0 Å². The third-order valence-corrected chi connectivity index (χ3v) is 7.97. The van der Waals surface area contributed by atoms with Crippen LogP contribution in [0.2, 0.25) is 0 Å². The van der Waals surface area contributed by atoms with Crippen LogP contribution in [-0.2, 0) is 0 Å². The van der Waals surface area contributed by atoms with Crippen molar-refractivity contribution in [3.63, 3.8) is 0 Å². The molecule has 2 aliphatic rings. The van der Waals surface area contributed by atoms with Gasteiger partial charge >= 0.3 is 6.03 Å². The Morgan fingerprint density at radius 1 is 0.429 bits per heavy atom. The van der Waals surface area contributed by atoms with E-state index in [0.29, 0.717) is 0 Å². The summed E-state index contributed by atoms with van der Waals surface area (Å²) in [6.45, 7) is 7.22. The second-order valence-electron chi connectivity index (χ2n) is 10.7. The van der Waals surface area contributed by atoms with Gasteiger partial charge in [0.2, 0.25) is 0 Å². The third kappa shape index (κ3) is 6.46. The van der Waals surface area contributed by atoms with Crippen LogP contribution in [-0.4, -0.2) is 68.6 Å². The molecule has 0 radical (unpaired) electrons. The molecule has 2 saturated heterocycles. The molecule has 42 heavy (non-hydrogen) atoms. The first-order valence-corrected chi connectivity index (χ1v) is 14.4. The molecule has 2 fully saturated rings. The number of carbonyl (C=O) groups excluding carboxylic acids is 1. The van der Waals surface area contributed by atoms with Crippen LogP contribution >= 0.6 is 0 Å². The fourth-order valence-corrected chi connectivity index (χ4v) is 5.58. The molecule has 4 N–H and O–H groups in total. The summed E-state index contributed by atoms with van der Waals surface area (Å²) in [4.78, 5) is 22.0. The zero-order chi connectivity index (χ0) is 28.9. The maximum absolute atomic E-state index is 12.7. The second-order valence-corrected chi connectivity index (χ2v) is 10.7. The number of aromatic hydroxyl groups is 2. The number of carbonyl (C=O) groups is 1. The van der Waals surface area contributed by atoms with Gasteiger partial charge in [0.1, 0.15) is 11.5 Å². The van der Waals surface area contributed by atoms with E-state index in [1.54, 1.807) is 24.3 Å². The van der Waals surface area contributed by atoms with Crippen LogP contribution in [0.15, 0.2) is 97.1 Å². The van der Waals surface area contributed by atoms with Gasteiger partial charge in [-0.05, 0) is 97.1 Å². The number of nitrogens with one attached hydrogen (secondary N) is 2. The Labute approximate surface area is 246 Å². The average molecular weight is 565 g/mol.